The number of nitrogens with zero attached hydrogens (tertiary/aromatic N) is 1. The number of anilines is 1. The Morgan fingerprint density at radius 2 is 2.08 bits per heavy atom. The normalized spacial score (nSPS) is 18.0. The van der Waals surface area contributed by atoms with Crippen LogP contribution in [0.15, 0.2) is 16.6 Å². The van der Waals surface area contributed by atoms with Crippen molar-refractivity contribution in [2.24, 2.45) is 5.92 Å². The Kier molecular flexibility index (Phi) is 5.58. The lowest BCUT2D eigenvalue weighted by Gasteiger charge is -2.27. The van der Waals surface area contributed by atoms with Crippen molar-refractivity contribution in [3.8, 4) is 5.75 Å². The second kappa shape index (κ2) is 7.13. The Morgan fingerprint density at radius 1 is 1.42 bits per heavy atom. The summed E-state index contributed by atoms with van der Waals surface area (Å²) in [4.78, 5) is 27.2. The number of fused-ring (bicyclic) bond motifs is 1. The second-order valence-electron chi connectivity index (χ2n) is 7.03. The van der Waals surface area contributed by atoms with E-state index in [1.807, 2.05) is 39.8 Å². The molecule has 0 aromatic heterocycles. The summed E-state index contributed by atoms with van der Waals surface area (Å²) >= 11 is 3.49. The number of halogens is 1. The minimum atomic E-state index is -0.665. The number of hydrogen-bond donors (Lipinski definition) is 1. The number of aryl methyl sites for hydroxylation is 1. The fraction of sp³-hybridized carbons (Fsp3) is 0.556. The van der Waals surface area contributed by atoms with Gasteiger partial charge in [-0.05, 0) is 68.1 Å². The molecule has 1 atom stereocenters. The fourth-order valence-electron chi connectivity index (χ4n) is 2.95. The first-order valence-electron chi connectivity index (χ1n) is 8.17. The molecule has 132 valence electrons. The molecule has 0 saturated carbocycles. The van der Waals surface area contributed by atoms with Crippen LogP contribution in [-0.2, 0) is 16.0 Å². The molecule has 24 heavy (non-hydrogen) atoms. The van der Waals surface area contributed by atoms with Crippen LogP contribution in [-0.4, -0.2) is 31.0 Å². The van der Waals surface area contributed by atoms with Crippen LogP contribution in [0.5, 0.6) is 5.75 Å². The van der Waals surface area contributed by atoms with Gasteiger partial charge in [-0.15, -0.1) is 0 Å². The lowest BCUT2D eigenvalue weighted by molar-refractivity contribution is -0.134. The van der Waals surface area contributed by atoms with Gasteiger partial charge in [0.25, 0.3) is 0 Å². The molecule has 1 heterocycles. The molecule has 0 fully saturated rings. The zero-order valence-corrected chi connectivity index (χ0v) is 16.5. The summed E-state index contributed by atoms with van der Waals surface area (Å²) in [5.41, 5.74) is 1.51. The van der Waals surface area contributed by atoms with Gasteiger partial charge in [-0.2, -0.15) is 0 Å². The van der Waals surface area contributed by atoms with Crippen molar-refractivity contribution in [3.63, 3.8) is 0 Å². The van der Waals surface area contributed by atoms with E-state index < -0.39 is 5.92 Å². The standard InChI is InChI=1S/C18H25BrN2O3/c1-6-21-14-10-15(24-5)13(19)9-11(14)7-8-12(17(21)23)16(22)20-18(2,3)4/h9-10,12H,6-8H2,1-5H3,(H,20,22)/t12-/m0/s1. The average molecular weight is 397 g/mol. The maximum atomic E-state index is 13.0. The zero-order valence-electron chi connectivity index (χ0n) is 14.9. The summed E-state index contributed by atoms with van der Waals surface area (Å²) < 4.78 is 6.21. The minimum absolute atomic E-state index is 0.151. The van der Waals surface area contributed by atoms with Crippen molar-refractivity contribution in [3.05, 3.63) is 22.2 Å². The van der Waals surface area contributed by atoms with Crippen molar-refractivity contribution in [1.29, 1.82) is 0 Å². The third-order valence-electron chi connectivity index (χ3n) is 4.04. The monoisotopic (exact) mass is 396 g/mol. The number of amides is 2. The first-order chi connectivity index (χ1) is 11.2. The van der Waals surface area contributed by atoms with Crippen LogP contribution >= 0.6 is 15.9 Å². The highest BCUT2D eigenvalue weighted by atomic mass is 79.9. The molecule has 1 aromatic carbocycles. The lowest BCUT2D eigenvalue weighted by atomic mass is 9.98. The summed E-state index contributed by atoms with van der Waals surface area (Å²) in [5, 5.41) is 2.93. The molecular weight excluding hydrogens is 372 g/mol. The molecule has 1 N–H and O–H groups in total. The van der Waals surface area contributed by atoms with Gasteiger partial charge in [0, 0.05) is 18.2 Å². The van der Waals surface area contributed by atoms with Crippen LogP contribution in [0.4, 0.5) is 5.69 Å². The molecule has 6 heteroatoms. The van der Waals surface area contributed by atoms with Crippen molar-refractivity contribution in [1.82, 2.24) is 5.32 Å². The highest BCUT2D eigenvalue weighted by Gasteiger charge is 2.36. The highest BCUT2D eigenvalue weighted by Crippen LogP contribution is 2.37. The van der Waals surface area contributed by atoms with Gasteiger partial charge < -0.3 is 15.0 Å². The van der Waals surface area contributed by atoms with E-state index in [0.29, 0.717) is 25.1 Å². The molecule has 0 bridgehead atoms. The van der Waals surface area contributed by atoms with Crippen molar-refractivity contribution in [2.45, 2.75) is 46.1 Å². The van der Waals surface area contributed by atoms with E-state index in [-0.39, 0.29) is 17.4 Å². The van der Waals surface area contributed by atoms with Crippen LogP contribution in [0.1, 0.15) is 39.7 Å². The largest absolute Gasteiger partial charge is 0.495 e. The minimum Gasteiger partial charge on any atom is -0.495 e. The van der Waals surface area contributed by atoms with E-state index in [1.54, 1.807) is 12.0 Å². The number of carbonyl (C=O) groups excluding carboxylic acids is 2. The maximum Gasteiger partial charge on any atom is 0.239 e. The number of hydrogen-bond acceptors (Lipinski definition) is 3. The summed E-state index contributed by atoms with van der Waals surface area (Å²) in [5.74, 6) is -0.342. The van der Waals surface area contributed by atoms with Crippen LogP contribution in [0, 0.1) is 5.92 Å². The topological polar surface area (TPSA) is 58.6 Å². The molecule has 0 radical (unpaired) electrons. The van der Waals surface area contributed by atoms with Gasteiger partial charge >= 0.3 is 0 Å². The molecule has 5 nitrogen and oxygen atoms in total. The predicted octanol–water partition coefficient (Wildman–Crippen LogP) is 3.29. The van der Waals surface area contributed by atoms with Gasteiger partial charge in [-0.3, -0.25) is 9.59 Å². The molecular formula is C18H25BrN2O3. The SMILES string of the molecule is CCN1C(=O)[C@H](C(=O)NC(C)(C)C)CCc2cc(Br)c(OC)cc21. The van der Waals surface area contributed by atoms with Gasteiger partial charge in [-0.1, -0.05) is 0 Å². The molecule has 2 amide bonds. The first-order valence-corrected chi connectivity index (χ1v) is 8.97. The third kappa shape index (κ3) is 3.91. The summed E-state index contributed by atoms with van der Waals surface area (Å²) in [7, 11) is 1.60. The molecule has 1 aromatic rings. The molecule has 0 saturated heterocycles. The number of carbonyl (C=O) groups is 2. The Labute approximate surface area is 151 Å². The van der Waals surface area contributed by atoms with Gasteiger partial charge in [0.15, 0.2) is 0 Å². The lowest BCUT2D eigenvalue weighted by Crippen LogP contribution is -2.48. The quantitative estimate of drug-likeness (QED) is 0.797. The van der Waals surface area contributed by atoms with E-state index >= 15 is 0 Å². The van der Waals surface area contributed by atoms with Crippen LogP contribution in [0.2, 0.25) is 0 Å². The van der Waals surface area contributed by atoms with E-state index in [2.05, 4.69) is 21.2 Å². The van der Waals surface area contributed by atoms with Gasteiger partial charge in [0.05, 0.1) is 17.3 Å². The molecule has 0 spiro atoms. The number of benzene rings is 1. The first kappa shape index (κ1) is 18.8. The van der Waals surface area contributed by atoms with Gasteiger partial charge in [0.1, 0.15) is 11.7 Å². The average Bonchev–Trinajstić information content (AvgIpc) is 2.60. The Bertz CT molecular complexity index is 652. The van der Waals surface area contributed by atoms with Gasteiger partial charge in [-0.25, -0.2) is 0 Å². The van der Waals surface area contributed by atoms with E-state index in [4.69, 9.17) is 4.74 Å². The zero-order chi connectivity index (χ0) is 18.1. The van der Waals surface area contributed by atoms with E-state index in [9.17, 15) is 9.59 Å². The van der Waals surface area contributed by atoms with Crippen molar-refractivity contribution < 1.29 is 14.3 Å². The van der Waals surface area contributed by atoms with Crippen LogP contribution in [0.3, 0.4) is 0 Å². The summed E-state index contributed by atoms with van der Waals surface area (Å²) in [6.45, 7) is 8.18. The van der Waals surface area contributed by atoms with Crippen molar-refractivity contribution >= 4 is 33.4 Å². The third-order valence-corrected chi connectivity index (χ3v) is 4.66. The Morgan fingerprint density at radius 3 is 2.62 bits per heavy atom. The molecule has 2 rings (SSSR count). The maximum absolute atomic E-state index is 13.0. The Hall–Kier alpha value is -1.56. The van der Waals surface area contributed by atoms with Crippen LogP contribution in [0.25, 0.3) is 0 Å². The molecule has 1 aliphatic heterocycles. The number of rotatable bonds is 3. The van der Waals surface area contributed by atoms with Crippen molar-refractivity contribution in [2.75, 3.05) is 18.6 Å². The summed E-state index contributed by atoms with van der Waals surface area (Å²) in [6.07, 6.45) is 1.17. The van der Waals surface area contributed by atoms with Gasteiger partial charge in [0.2, 0.25) is 11.8 Å². The van der Waals surface area contributed by atoms with Crippen LogP contribution < -0.4 is 15.0 Å². The number of nitrogens with one attached hydrogen (secondary N) is 1. The molecule has 1 aliphatic rings. The smallest absolute Gasteiger partial charge is 0.239 e. The number of methoxy groups -OCH3 is 1. The molecule has 0 unspecified atom stereocenters. The predicted molar refractivity (Wildman–Crippen MR) is 98.4 cm³/mol. The fourth-order valence-corrected chi connectivity index (χ4v) is 3.50. The van der Waals surface area contributed by atoms with E-state index in [1.165, 1.54) is 0 Å². The Balaban J connectivity index is 2.39. The molecule has 0 aliphatic carbocycles. The highest BCUT2D eigenvalue weighted by molar-refractivity contribution is 9.10. The van der Waals surface area contributed by atoms with E-state index in [0.717, 1.165) is 15.7 Å². The second-order valence-corrected chi connectivity index (χ2v) is 7.88. The summed E-state index contributed by atoms with van der Waals surface area (Å²) in [6, 6.07) is 3.85. The number of ether oxygens (including phenoxy) is 1.